The van der Waals surface area contributed by atoms with Crippen molar-refractivity contribution < 1.29 is 0 Å². The largest absolute Gasteiger partial charge is 0.355 e. The summed E-state index contributed by atoms with van der Waals surface area (Å²) in [6, 6.07) is 6.41. The fourth-order valence-electron chi connectivity index (χ4n) is 2.13. The molecule has 1 aromatic rings. The number of likely N-dealkylation sites (N-methyl/N-ethyl adjacent to an activating group) is 1. The maximum atomic E-state index is 4.29. The number of guanidine groups is 1. The molecule has 0 aliphatic carbocycles. The fraction of sp³-hybridized carbons (Fsp3) is 0.625. The number of pyridine rings is 1. The van der Waals surface area contributed by atoms with Crippen molar-refractivity contribution in [2.75, 3.05) is 27.7 Å². The van der Waals surface area contributed by atoms with Crippen molar-refractivity contribution in [2.24, 2.45) is 10.9 Å². The lowest BCUT2D eigenvalue weighted by Gasteiger charge is -2.27. The lowest BCUT2D eigenvalue weighted by molar-refractivity contribution is 0.254. The highest BCUT2D eigenvalue weighted by Gasteiger charge is 2.13. The molecule has 0 saturated carbocycles. The van der Waals surface area contributed by atoms with Crippen LogP contribution in [-0.4, -0.2) is 49.6 Å². The standard InChI is InChI=1S/C16H29N5/c1-13(2)10-15(21(4)5)12-20-16(17-3)19-11-14-8-6-7-9-18-14/h6-9,13,15H,10-12H2,1-5H3,(H2,17,19,20). The van der Waals surface area contributed by atoms with Gasteiger partial charge in [-0.05, 0) is 38.6 Å². The van der Waals surface area contributed by atoms with Gasteiger partial charge in [0.15, 0.2) is 5.96 Å². The Kier molecular flexibility index (Phi) is 7.75. The Bertz CT molecular complexity index is 414. The van der Waals surface area contributed by atoms with E-state index in [1.807, 2.05) is 18.2 Å². The molecule has 1 heterocycles. The van der Waals surface area contributed by atoms with Crippen molar-refractivity contribution in [3.8, 4) is 0 Å². The molecule has 118 valence electrons. The number of hydrogen-bond donors (Lipinski definition) is 2. The Balaban J connectivity index is 2.43. The number of nitrogens with one attached hydrogen (secondary N) is 2. The van der Waals surface area contributed by atoms with Gasteiger partial charge in [0.05, 0.1) is 12.2 Å². The lowest BCUT2D eigenvalue weighted by atomic mass is 10.0. The highest BCUT2D eigenvalue weighted by atomic mass is 15.2. The first kappa shape index (κ1) is 17.4. The summed E-state index contributed by atoms with van der Waals surface area (Å²) in [5, 5.41) is 6.69. The van der Waals surface area contributed by atoms with Gasteiger partial charge in [0.25, 0.3) is 0 Å². The number of aromatic nitrogens is 1. The van der Waals surface area contributed by atoms with E-state index in [9.17, 15) is 0 Å². The number of rotatable bonds is 7. The third-order valence-electron chi connectivity index (χ3n) is 3.37. The van der Waals surface area contributed by atoms with E-state index in [4.69, 9.17) is 0 Å². The van der Waals surface area contributed by atoms with Gasteiger partial charge in [-0.2, -0.15) is 0 Å². The Hall–Kier alpha value is -1.62. The molecule has 5 nitrogen and oxygen atoms in total. The molecule has 1 atom stereocenters. The van der Waals surface area contributed by atoms with Gasteiger partial charge in [-0.15, -0.1) is 0 Å². The van der Waals surface area contributed by atoms with Crippen LogP contribution in [0, 0.1) is 5.92 Å². The highest BCUT2D eigenvalue weighted by Crippen LogP contribution is 2.07. The molecule has 0 spiro atoms. The van der Waals surface area contributed by atoms with Gasteiger partial charge in [-0.25, -0.2) is 0 Å². The van der Waals surface area contributed by atoms with Crippen molar-refractivity contribution >= 4 is 5.96 Å². The van der Waals surface area contributed by atoms with E-state index < -0.39 is 0 Å². The van der Waals surface area contributed by atoms with Gasteiger partial charge in [-0.1, -0.05) is 19.9 Å². The van der Waals surface area contributed by atoms with Gasteiger partial charge < -0.3 is 15.5 Å². The van der Waals surface area contributed by atoms with Crippen molar-refractivity contribution in [3.63, 3.8) is 0 Å². The average Bonchev–Trinajstić information content (AvgIpc) is 2.46. The third kappa shape index (κ3) is 7.09. The maximum Gasteiger partial charge on any atom is 0.191 e. The SMILES string of the molecule is CN=C(NCc1ccccn1)NCC(CC(C)C)N(C)C. The summed E-state index contributed by atoms with van der Waals surface area (Å²) in [6.07, 6.45) is 2.97. The Morgan fingerprint density at radius 3 is 2.57 bits per heavy atom. The minimum Gasteiger partial charge on any atom is -0.355 e. The highest BCUT2D eigenvalue weighted by molar-refractivity contribution is 5.79. The normalized spacial score (nSPS) is 13.6. The molecule has 0 bridgehead atoms. The van der Waals surface area contributed by atoms with Gasteiger partial charge in [0.2, 0.25) is 0 Å². The summed E-state index contributed by atoms with van der Waals surface area (Å²) in [7, 11) is 6.04. The van der Waals surface area contributed by atoms with Crippen LogP contribution < -0.4 is 10.6 Å². The molecular formula is C16H29N5. The first-order valence-electron chi connectivity index (χ1n) is 7.53. The molecule has 1 unspecified atom stereocenters. The van der Waals surface area contributed by atoms with Gasteiger partial charge >= 0.3 is 0 Å². The van der Waals surface area contributed by atoms with Gasteiger partial charge in [0.1, 0.15) is 0 Å². The molecule has 0 amide bonds. The van der Waals surface area contributed by atoms with E-state index in [0.29, 0.717) is 18.5 Å². The van der Waals surface area contributed by atoms with Crippen molar-refractivity contribution in [2.45, 2.75) is 32.9 Å². The van der Waals surface area contributed by atoms with Crippen LogP contribution in [0.15, 0.2) is 29.4 Å². The summed E-state index contributed by atoms with van der Waals surface area (Å²) >= 11 is 0. The van der Waals surface area contributed by atoms with E-state index in [0.717, 1.165) is 24.6 Å². The molecule has 0 aromatic carbocycles. The summed E-state index contributed by atoms with van der Waals surface area (Å²) in [6.45, 7) is 6.07. The van der Waals surface area contributed by atoms with Crippen LogP contribution in [-0.2, 0) is 6.54 Å². The van der Waals surface area contributed by atoms with Crippen LogP contribution in [0.4, 0.5) is 0 Å². The van der Waals surface area contributed by atoms with E-state index in [1.54, 1.807) is 13.2 Å². The smallest absolute Gasteiger partial charge is 0.191 e. The average molecular weight is 291 g/mol. The predicted octanol–water partition coefficient (Wildman–Crippen LogP) is 1.72. The minimum absolute atomic E-state index is 0.499. The predicted molar refractivity (Wildman–Crippen MR) is 89.4 cm³/mol. The zero-order chi connectivity index (χ0) is 15.7. The quantitative estimate of drug-likeness (QED) is 0.593. The van der Waals surface area contributed by atoms with Gasteiger partial charge in [-0.3, -0.25) is 9.98 Å². The monoisotopic (exact) mass is 291 g/mol. The summed E-state index contributed by atoms with van der Waals surface area (Å²) < 4.78 is 0. The second-order valence-electron chi connectivity index (χ2n) is 5.87. The second-order valence-corrected chi connectivity index (χ2v) is 5.87. The third-order valence-corrected chi connectivity index (χ3v) is 3.37. The summed E-state index contributed by atoms with van der Waals surface area (Å²) in [5.74, 6) is 1.50. The molecule has 2 N–H and O–H groups in total. The first-order valence-corrected chi connectivity index (χ1v) is 7.53. The van der Waals surface area contributed by atoms with Crippen molar-refractivity contribution in [1.29, 1.82) is 0 Å². The summed E-state index contributed by atoms with van der Waals surface area (Å²) in [4.78, 5) is 10.8. The van der Waals surface area contributed by atoms with Crippen LogP contribution >= 0.6 is 0 Å². The van der Waals surface area contributed by atoms with Crippen LogP contribution in [0.1, 0.15) is 26.0 Å². The van der Waals surface area contributed by atoms with Crippen LogP contribution in [0.3, 0.4) is 0 Å². The number of aliphatic imine (C=N–C) groups is 1. The van der Waals surface area contributed by atoms with E-state index in [2.05, 4.69) is 53.5 Å². The Morgan fingerprint density at radius 1 is 1.29 bits per heavy atom. The number of hydrogen-bond acceptors (Lipinski definition) is 3. The van der Waals surface area contributed by atoms with Gasteiger partial charge in [0, 0.05) is 25.8 Å². The molecule has 1 aromatic heterocycles. The zero-order valence-corrected chi connectivity index (χ0v) is 13.9. The maximum absolute atomic E-state index is 4.29. The molecular weight excluding hydrogens is 262 g/mol. The van der Waals surface area contributed by atoms with Crippen LogP contribution in [0.2, 0.25) is 0 Å². The molecule has 0 radical (unpaired) electrons. The zero-order valence-electron chi connectivity index (χ0n) is 13.9. The number of nitrogens with zero attached hydrogens (tertiary/aromatic N) is 3. The lowest BCUT2D eigenvalue weighted by Crippen LogP contribution is -2.45. The Morgan fingerprint density at radius 2 is 2.05 bits per heavy atom. The van der Waals surface area contributed by atoms with E-state index in [-0.39, 0.29) is 0 Å². The van der Waals surface area contributed by atoms with Crippen molar-refractivity contribution in [3.05, 3.63) is 30.1 Å². The minimum atomic E-state index is 0.499. The molecule has 0 aliphatic rings. The van der Waals surface area contributed by atoms with Crippen LogP contribution in [0.5, 0.6) is 0 Å². The molecule has 0 saturated heterocycles. The molecule has 0 aliphatic heterocycles. The fourth-order valence-corrected chi connectivity index (χ4v) is 2.13. The van der Waals surface area contributed by atoms with E-state index >= 15 is 0 Å². The van der Waals surface area contributed by atoms with Crippen LogP contribution in [0.25, 0.3) is 0 Å². The molecule has 1 rings (SSSR count). The molecule has 5 heteroatoms. The Labute approximate surface area is 128 Å². The topological polar surface area (TPSA) is 52.6 Å². The molecule has 0 fully saturated rings. The summed E-state index contributed by atoms with van der Waals surface area (Å²) in [5.41, 5.74) is 1.01. The van der Waals surface area contributed by atoms with E-state index in [1.165, 1.54) is 0 Å². The first-order chi connectivity index (χ1) is 10.0. The second kappa shape index (κ2) is 9.34. The van der Waals surface area contributed by atoms with Crippen molar-refractivity contribution in [1.82, 2.24) is 20.5 Å². The molecule has 21 heavy (non-hydrogen) atoms.